The molecule has 0 spiro atoms. The van der Waals surface area contributed by atoms with Gasteiger partial charge in [-0.1, -0.05) is 12.8 Å². The number of aliphatic hydroxyl groups is 1. The average Bonchev–Trinajstić information content (AvgIpc) is 2.94. The highest BCUT2D eigenvalue weighted by Gasteiger charge is 2.33. The number of carbonyl (C=O) groups is 1. The van der Waals surface area contributed by atoms with Gasteiger partial charge in [0.05, 0.1) is 11.1 Å². The maximum absolute atomic E-state index is 12.9. The van der Waals surface area contributed by atoms with Crippen LogP contribution in [-0.4, -0.2) is 30.8 Å². The van der Waals surface area contributed by atoms with Gasteiger partial charge in [0, 0.05) is 12.0 Å². The predicted molar refractivity (Wildman–Crippen MR) is 80.6 cm³/mol. The zero-order valence-electron chi connectivity index (χ0n) is 11.7. The minimum Gasteiger partial charge on any atom is -0.483 e. The molecular formula is C15H19BrFNO3. The SMILES string of the molecule is O=C(COc1ccc(F)cc1Br)NCC1(CO)CCCC1. The van der Waals surface area contributed by atoms with Crippen molar-refractivity contribution in [1.82, 2.24) is 5.32 Å². The first-order valence-corrected chi connectivity index (χ1v) is 7.79. The number of carbonyl (C=O) groups excluding carboxylic acids is 1. The van der Waals surface area contributed by atoms with Crippen molar-refractivity contribution in [2.24, 2.45) is 5.41 Å². The van der Waals surface area contributed by atoms with Gasteiger partial charge in [-0.15, -0.1) is 0 Å². The molecule has 1 aromatic rings. The summed E-state index contributed by atoms with van der Waals surface area (Å²) in [6.45, 7) is 0.430. The minimum atomic E-state index is -0.371. The molecule has 0 aromatic heterocycles. The third kappa shape index (κ3) is 4.41. The van der Waals surface area contributed by atoms with Gasteiger partial charge in [0.15, 0.2) is 6.61 Å². The van der Waals surface area contributed by atoms with Gasteiger partial charge in [0.25, 0.3) is 5.91 Å². The van der Waals surface area contributed by atoms with Crippen LogP contribution in [0.5, 0.6) is 5.75 Å². The fourth-order valence-corrected chi connectivity index (χ4v) is 3.05. The third-order valence-electron chi connectivity index (χ3n) is 3.91. The van der Waals surface area contributed by atoms with Gasteiger partial charge in [-0.3, -0.25) is 4.79 Å². The fraction of sp³-hybridized carbons (Fsp3) is 0.533. The smallest absolute Gasteiger partial charge is 0.257 e. The van der Waals surface area contributed by atoms with E-state index in [4.69, 9.17) is 4.74 Å². The molecule has 6 heteroatoms. The molecule has 2 N–H and O–H groups in total. The molecule has 0 aliphatic heterocycles. The molecule has 1 aromatic carbocycles. The van der Waals surface area contributed by atoms with Crippen LogP contribution in [-0.2, 0) is 4.79 Å². The largest absolute Gasteiger partial charge is 0.483 e. The molecule has 0 heterocycles. The topological polar surface area (TPSA) is 58.6 Å². The first kappa shape index (κ1) is 16.2. The molecular weight excluding hydrogens is 341 g/mol. The van der Waals surface area contributed by atoms with Gasteiger partial charge in [-0.2, -0.15) is 0 Å². The Balaban J connectivity index is 1.79. The van der Waals surface area contributed by atoms with Gasteiger partial charge in [-0.25, -0.2) is 4.39 Å². The molecule has 1 amide bonds. The normalized spacial score (nSPS) is 16.7. The first-order valence-electron chi connectivity index (χ1n) is 7.00. The van der Waals surface area contributed by atoms with Crippen molar-refractivity contribution >= 4 is 21.8 Å². The van der Waals surface area contributed by atoms with E-state index in [1.807, 2.05) is 0 Å². The Hall–Kier alpha value is -1.14. The van der Waals surface area contributed by atoms with Gasteiger partial charge in [0.2, 0.25) is 0 Å². The first-order chi connectivity index (χ1) is 10.0. The molecule has 21 heavy (non-hydrogen) atoms. The highest BCUT2D eigenvalue weighted by molar-refractivity contribution is 9.10. The Bertz CT molecular complexity index is 504. The number of hydrogen-bond donors (Lipinski definition) is 2. The van der Waals surface area contributed by atoms with Crippen LogP contribution >= 0.6 is 15.9 Å². The second-order valence-electron chi connectivity index (χ2n) is 5.51. The van der Waals surface area contributed by atoms with Gasteiger partial charge < -0.3 is 15.2 Å². The Kier molecular flexibility index (Phi) is 5.58. The maximum Gasteiger partial charge on any atom is 0.257 e. The van der Waals surface area contributed by atoms with Crippen LogP contribution in [0.25, 0.3) is 0 Å². The van der Waals surface area contributed by atoms with E-state index in [0.717, 1.165) is 25.7 Å². The second kappa shape index (κ2) is 7.22. The van der Waals surface area contributed by atoms with E-state index in [-0.39, 0.29) is 30.4 Å². The number of amides is 1. The molecule has 1 fully saturated rings. The molecule has 0 radical (unpaired) electrons. The van der Waals surface area contributed by atoms with Crippen LogP contribution in [0, 0.1) is 11.2 Å². The van der Waals surface area contributed by atoms with E-state index in [1.54, 1.807) is 0 Å². The monoisotopic (exact) mass is 359 g/mol. The van der Waals surface area contributed by atoms with E-state index in [9.17, 15) is 14.3 Å². The van der Waals surface area contributed by atoms with E-state index in [2.05, 4.69) is 21.2 Å². The van der Waals surface area contributed by atoms with Crippen molar-refractivity contribution in [2.75, 3.05) is 19.8 Å². The number of benzene rings is 1. The fourth-order valence-electron chi connectivity index (χ4n) is 2.59. The number of hydrogen-bond acceptors (Lipinski definition) is 3. The predicted octanol–water partition coefficient (Wildman–Crippen LogP) is 2.64. The summed E-state index contributed by atoms with van der Waals surface area (Å²) in [5.41, 5.74) is -0.174. The van der Waals surface area contributed by atoms with Crippen LogP contribution < -0.4 is 10.1 Å². The van der Waals surface area contributed by atoms with Crippen LogP contribution in [0.3, 0.4) is 0 Å². The van der Waals surface area contributed by atoms with Crippen LogP contribution in [0.4, 0.5) is 4.39 Å². The molecule has 1 aliphatic carbocycles. The molecule has 0 bridgehead atoms. The lowest BCUT2D eigenvalue weighted by molar-refractivity contribution is -0.123. The summed E-state index contributed by atoms with van der Waals surface area (Å²) in [6.07, 6.45) is 4.06. The second-order valence-corrected chi connectivity index (χ2v) is 6.36. The molecule has 2 rings (SSSR count). The molecule has 0 unspecified atom stereocenters. The number of halogens is 2. The number of nitrogens with one attached hydrogen (secondary N) is 1. The summed E-state index contributed by atoms with van der Waals surface area (Å²) in [6, 6.07) is 4.03. The summed E-state index contributed by atoms with van der Waals surface area (Å²) < 4.78 is 18.8. The van der Waals surface area contributed by atoms with E-state index < -0.39 is 0 Å². The molecule has 4 nitrogen and oxygen atoms in total. The average molecular weight is 360 g/mol. The Morgan fingerprint density at radius 1 is 1.43 bits per heavy atom. The highest BCUT2D eigenvalue weighted by Crippen LogP contribution is 2.36. The minimum absolute atomic E-state index is 0.0949. The molecule has 1 saturated carbocycles. The van der Waals surface area contributed by atoms with Gasteiger partial charge in [-0.05, 0) is 47.0 Å². The Morgan fingerprint density at radius 3 is 2.76 bits per heavy atom. The van der Waals surface area contributed by atoms with Crippen LogP contribution in [0.2, 0.25) is 0 Å². The zero-order valence-corrected chi connectivity index (χ0v) is 13.3. The van der Waals surface area contributed by atoms with Crippen LogP contribution in [0.15, 0.2) is 22.7 Å². The van der Waals surface area contributed by atoms with Gasteiger partial charge >= 0.3 is 0 Å². The lowest BCUT2D eigenvalue weighted by atomic mass is 9.87. The number of rotatable bonds is 6. The van der Waals surface area contributed by atoms with Crippen molar-refractivity contribution in [1.29, 1.82) is 0 Å². The summed E-state index contributed by atoms with van der Waals surface area (Å²) in [5, 5.41) is 12.3. The van der Waals surface area contributed by atoms with E-state index >= 15 is 0 Å². The van der Waals surface area contributed by atoms with Crippen molar-refractivity contribution in [3.63, 3.8) is 0 Å². The molecule has 0 atom stereocenters. The van der Waals surface area contributed by atoms with Crippen molar-refractivity contribution in [2.45, 2.75) is 25.7 Å². The lowest BCUT2D eigenvalue weighted by Gasteiger charge is -2.26. The third-order valence-corrected chi connectivity index (χ3v) is 4.53. The molecule has 1 aliphatic rings. The van der Waals surface area contributed by atoms with Crippen LogP contribution in [0.1, 0.15) is 25.7 Å². The number of ether oxygens (including phenoxy) is 1. The maximum atomic E-state index is 12.9. The van der Waals surface area contributed by atoms with Crippen molar-refractivity contribution in [3.8, 4) is 5.75 Å². The number of aliphatic hydroxyl groups excluding tert-OH is 1. The van der Waals surface area contributed by atoms with E-state index in [0.29, 0.717) is 16.8 Å². The Labute approximate surface area is 131 Å². The zero-order chi connectivity index (χ0) is 15.3. The summed E-state index contributed by atoms with van der Waals surface area (Å²) >= 11 is 3.18. The Morgan fingerprint density at radius 2 is 2.14 bits per heavy atom. The lowest BCUT2D eigenvalue weighted by Crippen LogP contribution is -2.40. The summed E-state index contributed by atoms with van der Waals surface area (Å²) in [4.78, 5) is 11.8. The van der Waals surface area contributed by atoms with E-state index in [1.165, 1.54) is 18.2 Å². The van der Waals surface area contributed by atoms with Crippen molar-refractivity contribution < 1.29 is 19.0 Å². The molecule has 116 valence electrons. The standard InChI is InChI=1S/C15H19BrFNO3/c16-12-7-11(17)3-4-13(12)21-8-14(20)18-9-15(10-19)5-1-2-6-15/h3-4,7,19H,1-2,5-6,8-10H2,(H,18,20). The highest BCUT2D eigenvalue weighted by atomic mass is 79.9. The quantitative estimate of drug-likeness (QED) is 0.820. The van der Waals surface area contributed by atoms with Crippen molar-refractivity contribution in [3.05, 3.63) is 28.5 Å². The summed E-state index contributed by atoms with van der Waals surface area (Å²) in [5.74, 6) is -0.194. The van der Waals surface area contributed by atoms with Gasteiger partial charge in [0.1, 0.15) is 11.6 Å². The molecule has 0 saturated heterocycles. The summed E-state index contributed by atoms with van der Waals surface area (Å²) in [7, 11) is 0.